The predicted molar refractivity (Wildman–Crippen MR) is 78.9 cm³/mol. The van der Waals surface area contributed by atoms with E-state index in [2.05, 4.69) is 24.1 Å². The zero-order valence-electron chi connectivity index (χ0n) is 12.5. The molecule has 2 rings (SSSR count). The zero-order chi connectivity index (χ0) is 12.8. The molecule has 2 aliphatic rings. The van der Waals surface area contributed by atoms with Crippen molar-refractivity contribution in [1.29, 1.82) is 0 Å². The van der Waals surface area contributed by atoms with Crippen LogP contribution in [-0.4, -0.2) is 36.6 Å². The lowest BCUT2D eigenvalue weighted by Crippen LogP contribution is -2.45. The number of hydrogen-bond acceptors (Lipinski definition) is 2. The molecule has 0 aromatic heterocycles. The molecule has 0 aromatic carbocycles. The Hall–Kier alpha value is -0.0800. The van der Waals surface area contributed by atoms with Crippen LogP contribution in [0, 0.1) is 5.92 Å². The van der Waals surface area contributed by atoms with E-state index in [1.807, 2.05) is 0 Å². The molecule has 1 N–H and O–H groups in total. The summed E-state index contributed by atoms with van der Waals surface area (Å²) in [4.78, 5) is 2.81. The normalized spacial score (nSPS) is 28.8. The van der Waals surface area contributed by atoms with Gasteiger partial charge in [-0.1, -0.05) is 33.1 Å². The molecule has 0 aromatic rings. The van der Waals surface area contributed by atoms with E-state index in [1.165, 1.54) is 64.5 Å². The van der Waals surface area contributed by atoms with Crippen molar-refractivity contribution in [1.82, 2.24) is 10.2 Å². The fourth-order valence-corrected chi connectivity index (χ4v) is 3.48. The van der Waals surface area contributed by atoms with Crippen molar-refractivity contribution in [3.8, 4) is 0 Å². The van der Waals surface area contributed by atoms with Crippen LogP contribution in [0.15, 0.2) is 0 Å². The molecule has 2 unspecified atom stereocenters. The molecule has 2 atom stereocenters. The van der Waals surface area contributed by atoms with Crippen molar-refractivity contribution in [3.05, 3.63) is 0 Å². The summed E-state index contributed by atoms with van der Waals surface area (Å²) in [5.41, 5.74) is 0. The van der Waals surface area contributed by atoms with Gasteiger partial charge in [-0.05, 0) is 51.1 Å². The maximum absolute atomic E-state index is 3.73. The van der Waals surface area contributed by atoms with Crippen LogP contribution in [0.25, 0.3) is 0 Å². The van der Waals surface area contributed by atoms with Gasteiger partial charge in [0.2, 0.25) is 0 Å². The molecule has 0 saturated heterocycles. The van der Waals surface area contributed by atoms with E-state index in [0.29, 0.717) is 0 Å². The number of rotatable bonds is 8. The lowest BCUT2D eigenvalue weighted by Gasteiger charge is -2.36. The summed E-state index contributed by atoms with van der Waals surface area (Å²) in [6, 6.07) is 1.74. The lowest BCUT2D eigenvalue weighted by molar-refractivity contribution is 0.161. The van der Waals surface area contributed by atoms with Crippen LogP contribution in [0.4, 0.5) is 0 Å². The van der Waals surface area contributed by atoms with Crippen molar-refractivity contribution in [2.45, 2.75) is 77.3 Å². The molecule has 2 aliphatic carbocycles. The van der Waals surface area contributed by atoms with Gasteiger partial charge in [0, 0.05) is 18.6 Å². The largest absolute Gasteiger partial charge is 0.314 e. The Balaban J connectivity index is 1.82. The minimum atomic E-state index is 0.798. The Bertz CT molecular complexity index is 223. The van der Waals surface area contributed by atoms with Crippen molar-refractivity contribution >= 4 is 0 Å². The number of nitrogens with zero attached hydrogens (tertiary/aromatic N) is 1. The van der Waals surface area contributed by atoms with Crippen molar-refractivity contribution in [2.75, 3.05) is 19.6 Å². The van der Waals surface area contributed by atoms with Gasteiger partial charge in [0.05, 0.1) is 0 Å². The third kappa shape index (κ3) is 4.24. The maximum Gasteiger partial charge on any atom is 0.0107 e. The maximum atomic E-state index is 3.73. The van der Waals surface area contributed by atoms with Crippen molar-refractivity contribution in [3.63, 3.8) is 0 Å². The average molecular weight is 252 g/mol. The predicted octanol–water partition coefficient (Wildman–Crippen LogP) is 3.42. The van der Waals surface area contributed by atoms with Crippen LogP contribution in [-0.2, 0) is 0 Å². The summed E-state index contributed by atoms with van der Waals surface area (Å²) in [5.74, 6) is 0.913. The Morgan fingerprint density at radius 3 is 2.50 bits per heavy atom. The monoisotopic (exact) mass is 252 g/mol. The summed E-state index contributed by atoms with van der Waals surface area (Å²) < 4.78 is 0. The van der Waals surface area contributed by atoms with E-state index in [4.69, 9.17) is 0 Å². The van der Waals surface area contributed by atoms with Gasteiger partial charge in [-0.2, -0.15) is 0 Å². The van der Waals surface area contributed by atoms with Crippen molar-refractivity contribution in [2.24, 2.45) is 5.92 Å². The second kappa shape index (κ2) is 7.49. The van der Waals surface area contributed by atoms with E-state index < -0.39 is 0 Å². The second-order valence-corrected chi connectivity index (χ2v) is 6.29. The first kappa shape index (κ1) is 14.3. The van der Waals surface area contributed by atoms with Crippen LogP contribution in [0.5, 0.6) is 0 Å². The van der Waals surface area contributed by atoms with E-state index in [9.17, 15) is 0 Å². The van der Waals surface area contributed by atoms with Crippen molar-refractivity contribution < 1.29 is 0 Å². The number of hydrogen-bond donors (Lipinski definition) is 1. The first-order valence-corrected chi connectivity index (χ1v) is 8.32. The summed E-state index contributed by atoms with van der Waals surface area (Å²) in [7, 11) is 0. The standard InChI is InChI=1S/C16H32N2/c1-3-5-12-18(15-10-11-15)13-14-8-6-7-9-16(14)17-4-2/h14-17H,3-13H2,1-2H3. The van der Waals surface area contributed by atoms with E-state index in [0.717, 1.165) is 24.5 Å². The minimum absolute atomic E-state index is 0.798. The molecular formula is C16H32N2. The first-order valence-electron chi connectivity index (χ1n) is 8.32. The smallest absolute Gasteiger partial charge is 0.0107 e. The lowest BCUT2D eigenvalue weighted by atomic mass is 9.84. The summed E-state index contributed by atoms with van der Waals surface area (Å²) >= 11 is 0. The SMILES string of the molecule is CCCCN(CC1CCCCC1NCC)C1CC1. The molecule has 0 spiro atoms. The van der Waals surface area contributed by atoms with E-state index >= 15 is 0 Å². The summed E-state index contributed by atoms with van der Waals surface area (Å²) in [6.45, 7) is 8.41. The minimum Gasteiger partial charge on any atom is -0.314 e. The Morgan fingerprint density at radius 2 is 1.83 bits per heavy atom. The summed E-state index contributed by atoms with van der Waals surface area (Å²) in [6.07, 6.45) is 11.4. The number of unbranched alkanes of at least 4 members (excludes halogenated alkanes) is 1. The van der Waals surface area contributed by atoms with Crippen LogP contribution >= 0.6 is 0 Å². The highest BCUT2D eigenvalue weighted by Crippen LogP contribution is 2.31. The van der Waals surface area contributed by atoms with Gasteiger partial charge < -0.3 is 10.2 Å². The Morgan fingerprint density at radius 1 is 1.06 bits per heavy atom. The molecule has 2 saturated carbocycles. The van der Waals surface area contributed by atoms with Gasteiger partial charge in [0.1, 0.15) is 0 Å². The Kier molecular flexibility index (Phi) is 5.97. The van der Waals surface area contributed by atoms with Crippen LogP contribution in [0.3, 0.4) is 0 Å². The molecule has 0 heterocycles. The van der Waals surface area contributed by atoms with Crippen LogP contribution in [0.2, 0.25) is 0 Å². The molecule has 2 heteroatoms. The topological polar surface area (TPSA) is 15.3 Å². The molecule has 106 valence electrons. The van der Waals surface area contributed by atoms with Gasteiger partial charge >= 0.3 is 0 Å². The van der Waals surface area contributed by atoms with E-state index in [-0.39, 0.29) is 0 Å². The molecule has 0 aliphatic heterocycles. The third-order valence-electron chi connectivity index (χ3n) is 4.71. The zero-order valence-corrected chi connectivity index (χ0v) is 12.5. The van der Waals surface area contributed by atoms with Gasteiger partial charge in [-0.3, -0.25) is 0 Å². The molecule has 0 bridgehead atoms. The molecule has 2 nitrogen and oxygen atoms in total. The van der Waals surface area contributed by atoms with Gasteiger partial charge in [0.25, 0.3) is 0 Å². The fourth-order valence-electron chi connectivity index (χ4n) is 3.48. The average Bonchev–Trinajstić information content (AvgIpc) is 3.21. The van der Waals surface area contributed by atoms with E-state index in [1.54, 1.807) is 0 Å². The van der Waals surface area contributed by atoms with Gasteiger partial charge in [-0.25, -0.2) is 0 Å². The highest BCUT2D eigenvalue weighted by molar-refractivity contribution is 4.89. The fraction of sp³-hybridized carbons (Fsp3) is 1.00. The molecule has 2 fully saturated rings. The first-order chi connectivity index (χ1) is 8.85. The molecule has 0 radical (unpaired) electrons. The molecular weight excluding hydrogens is 220 g/mol. The molecule has 18 heavy (non-hydrogen) atoms. The highest BCUT2D eigenvalue weighted by atomic mass is 15.2. The van der Waals surface area contributed by atoms with Crippen LogP contribution < -0.4 is 5.32 Å². The van der Waals surface area contributed by atoms with Gasteiger partial charge in [0.15, 0.2) is 0 Å². The summed E-state index contributed by atoms with van der Waals surface area (Å²) in [5, 5.41) is 3.73. The highest BCUT2D eigenvalue weighted by Gasteiger charge is 2.33. The molecule has 0 amide bonds. The van der Waals surface area contributed by atoms with Crippen LogP contribution in [0.1, 0.15) is 65.2 Å². The van der Waals surface area contributed by atoms with Gasteiger partial charge in [-0.15, -0.1) is 0 Å². The Labute approximate surface area is 114 Å². The number of nitrogens with one attached hydrogen (secondary N) is 1. The quantitative estimate of drug-likeness (QED) is 0.712. The third-order valence-corrected chi connectivity index (χ3v) is 4.71. The second-order valence-electron chi connectivity index (χ2n) is 6.29.